The summed E-state index contributed by atoms with van der Waals surface area (Å²) in [4.78, 5) is 12.3. The fourth-order valence-electron chi connectivity index (χ4n) is 2.65. The Balaban J connectivity index is 1.84. The normalized spacial score (nSPS) is 13.1. The highest BCUT2D eigenvalue weighted by Gasteiger charge is 2.14. The second-order valence-corrected chi connectivity index (χ2v) is 5.61. The Bertz CT molecular complexity index is 679. The van der Waals surface area contributed by atoms with E-state index in [0.717, 1.165) is 24.1 Å². The summed E-state index contributed by atoms with van der Waals surface area (Å²) < 4.78 is 0. The van der Waals surface area contributed by atoms with Crippen molar-refractivity contribution in [2.24, 2.45) is 0 Å². The molecule has 2 nitrogen and oxygen atoms in total. The number of carbonyl (C=O) groups excluding carboxylic acids is 1. The van der Waals surface area contributed by atoms with Crippen LogP contribution in [0.4, 0.5) is 5.69 Å². The van der Waals surface area contributed by atoms with Crippen molar-refractivity contribution in [3.8, 4) is 0 Å². The van der Waals surface area contributed by atoms with E-state index in [1.54, 1.807) is 0 Å². The van der Waals surface area contributed by atoms with Gasteiger partial charge in [0, 0.05) is 16.3 Å². The molecule has 20 heavy (non-hydrogen) atoms. The molecule has 0 aliphatic heterocycles. The van der Waals surface area contributed by atoms with Crippen LogP contribution in [0, 0.1) is 6.92 Å². The Morgan fingerprint density at radius 3 is 2.80 bits per heavy atom. The number of hydrogen-bond acceptors (Lipinski definition) is 1. The largest absolute Gasteiger partial charge is 0.322 e. The van der Waals surface area contributed by atoms with Crippen LogP contribution < -0.4 is 5.32 Å². The average Bonchev–Trinajstić information content (AvgIpc) is 2.91. The van der Waals surface area contributed by atoms with E-state index in [1.807, 2.05) is 37.3 Å². The van der Waals surface area contributed by atoms with Gasteiger partial charge in [-0.05, 0) is 67.1 Å². The van der Waals surface area contributed by atoms with Gasteiger partial charge in [-0.1, -0.05) is 23.7 Å². The number of halogens is 1. The van der Waals surface area contributed by atoms with E-state index in [-0.39, 0.29) is 5.91 Å². The van der Waals surface area contributed by atoms with Crippen LogP contribution in [0.3, 0.4) is 0 Å². The molecular weight excluding hydrogens is 270 g/mol. The van der Waals surface area contributed by atoms with Crippen molar-refractivity contribution in [3.63, 3.8) is 0 Å². The molecule has 2 aromatic rings. The highest BCUT2D eigenvalue weighted by atomic mass is 35.5. The summed E-state index contributed by atoms with van der Waals surface area (Å²) >= 11 is 6.07. The first kappa shape index (κ1) is 13.2. The fourth-order valence-corrected chi connectivity index (χ4v) is 2.82. The molecule has 2 aromatic carbocycles. The zero-order valence-electron chi connectivity index (χ0n) is 11.4. The maximum Gasteiger partial charge on any atom is 0.255 e. The van der Waals surface area contributed by atoms with Gasteiger partial charge >= 0.3 is 0 Å². The van der Waals surface area contributed by atoms with Gasteiger partial charge in [0.05, 0.1) is 0 Å². The van der Waals surface area contributed by atoms with Gasteiger partial charge in [0.1, 0.15) is 0 Å². The van der Waals surface area contributed by atoms with E-state index in [9.17, 15) is 4.79 Å². The molecule has 0 saturated carbocycles. The monoisotopic (exact) mass is 285 g/mol. The third kappa shape index (κ3) is 2.44. The Morgan fingerprint density at radius 1 is 1.15 bits per heavy atom. The predicted molar refractivity (Wildman–Crippen MR) is 82.6 cm³/mol. The van der Waals surface area contributed by atoms with Crippen molar-refractivity contribution >= 4 is 23.2 Å². The van der Waals surface area contributed by atoms with E-state index in [4.69, 9.17) is 11.6 Å². The Morgan fingerprint density at radius 2 is 1.95 bits per heavy atom. The first-order valence-electron chi connectivity index (χ1n) is 6.83. The number of benzene rings is 2. The van der Waals surface area contributed by atoms with E-state index >= 15 is 0 Å². The number of nitrogens with one attached hydrogen (secondary N) is 1. The van der Waals surface area contributed by atoms with E-state index in [1.165, 1.54) is 17.5 Å². The molecule has 0 heterocycles. The summed E-state index contributed by atoms with van der Waals surface area (Å²) in [7, 11) is 0. The van der Waals surface area contributed by atoms with Crippen LogP contribution in [-0.2, 0) is 12.8 Å². The molecule has 1 aliphatic rings. The summed E-state index contributed by atoms with van der Waals surface area (Å²) in [5.74, 6) is -0.0786. The molecule has 0 fully saturated rings. The Kier molecular flexibility index (Phi) is 3.49. The van der Waals surface area contributed by atoms with Crippen LogP contribution in [0.2, 0.25) is 5.02 Å². The number of hydrogen-bond donors (Lipinski definition) is 1. The van der Waals surface area contributed by atoms with Crippen LogP contribution in [0.1, 0.15) is 33.5 Å². The number of fused-ring (bicyclic) bond motifs is 1. The first-order valence-corrected chi connectivity index (χ1v) is 7.21. The number of rotatable bonds is 2. The minimum atomic E-state index is -0.0786. The molecular formula is C17H16ClNO. The maximum atomic E-state index is 12.3. The van der Waals surface area contributed by atoms with Crippen molar-refractivity contribution in [1.29, 1.82) is 0 Å². The maximum absolute atomic E-state index is 12.3. The van der Waals surface area contributed by atoms with Crippen molar-refractivity contribution < 1.29 is 4.79 Å². The lowest BCUT2D eigenvalue weighted by atomic mass is 10.1. The van der Waals surface area contributed by atoms with Crippen LogP contribution >= 0.6 is 11.6 Å². The second-order valence-electron chi connectivity index (χ2n) is 5.20. The van der Waals surface area contributed by atoms with Crippen LogP contribution in [0.25, 0.3) is 0 Å². The quantitative estimate of drug-likeness (QED) is 0.871. The van der Waals surface area contributed by atoms with Crippen molar-refractivity contribution in [3.05, 3.63) is 63.7 Å². The summed E-state index contributed by atoms with van der Waals surface area (Å²) in [5, 5.41) is 3.60. The molecule has 0 aromatic heterocycles. The summed E-state index contributed by atoms with van der Waals surface area (Å²) in [6.07, 6.45) is 3.39. The lowest BCUT2D eigenvalue weighted by Crippen LogP contribution is -2.13. The van der Waals surface area contributed by atoms with E-state index in [2.05, 4.69) is 11.4 Å². The zero-order chi connectivity index (χ0) is 14.1. The summed E-state index contributed by atoms with van der Waals surface area (Å²) in [6, 6.07) is 11.5. The summed E-state index contributed by atoms with van der Waals surface area (Å²) in [6.45, 7) is 1.90. The van der Waals surface area contributed by atoms with Crippen molar-refractivity contribution in [2.45, 2.75) is 26.2 Å². The highest BCUT2D eigenvalue weighted by Crippen LogP contribution is 2.25. The molecule has 0 spiro atoms. The van der Waals surface area contributed by atoms with Gasteiger partial charge in [0.25, 0.3) is 5.91 Å². The minimum absolute atomic E-state index is 0.0786. The molecule has 0 radical (unpaired) electrons. The predicted octanol–water partition coefficient (Wildman–Crippen LogP) is 4.39. The van der Waals surface area contributed by atoms with Crippen molar-refractivity contribution in [2.75, 3.05) is 5.32 Å². The zero-order valence-corrected chi connectivity index (χ0v) is 12.1. The molecule has 3 heteroatoms. The molecule has 102 valence electrons. The lowest BCUT2D eigenvalue weighted by Gasteiger charge is -2.10. The number of amides is 1. The van der Waals surface area contributed by atoms with Crippen molar-refractivity contribution in [1.82, 2.24) is 0 Å². The smallest absolute Gasteiger partial charge is 0.255 e. The van der Waals surface area contributed by atoms with Crippen LogP contribution in [0.15, 0.2) is 36.4 Å². The Labute approximate surface area is 123 Å². The van der Waals surface area contributed by atoms with Gasteiger partial charge in [-0.15, -0.1) is 0 Å². The summed E-state index contributed by atoms with van der Waals surface area (Å²) in [5.41, 5.74) is 5.05. The molecule has 1 N–H and O–H groups in total. The molecule has 3 rings (SSSR count). The van der Waals surface area contributed by atoms with Gasteiger partial charge < -0.3 is 5.32 Å². The standard InChI is InChI=1S/C17H16ClNO/c1-11-15(18)6-3-7-16(11)19-17(20)14-9-8-12-4-2-5-13(12)10-14/h3,6-10H,2,4-5H2,1H3,(H,19,20). The molecule has 0 unspecified atom stereocenters. The third-order valence-corrected chi connectivity index (χ3v) is 4.29. The van der Waals surface area contributed by atoms with Gasteiger partial charge in [0.15, 0.2) is 0 Å². The topological polar surface area (TPSA) is 29.1 Å². The molecule has 0 saturated heterocycles. The molecule has 1 amide bonds. The fraction of sp³-hybridized carbons (Fsp3) is 0.235. The van der Waals surface area contributed by atoms with E-state index in [0.29, 0.717) is 10.6 Å². The molecule has 0 atom stereocenters. The number of carbonyl (C=O) groups is 1. The van der Waals surface area contributed by atoms with Gasteiger partial charge in [-0.2, -0.15) is 0 Å². The van der Waals surface area contributed by atoms with E-state index < -0.39 is 0 Å². The van der Waals surface area contributed by atoms with Gasteiger partial charge in [-0.3, -0.25) is 4.79 Å². The van der Waals surface area contributed by atoms with Gasteiger partial charge in [-0.25, -0.2) is 0 Å². The first-order chi connectivity index (χ1) is 9.65. The number of anilines is 1. The SMILES string of the molecule is Cc1c(Cl)cccc1NC(=O)c1ccc2c(c1)CCC2. The Hall–Kier alpha value is -1.80. The minimum Gasteiger partial charge on any atom is -0.322 e. The van der Waals surface area contributed by atoms with Crippen LogP contribution in [0.5, 0.6) is 0 Å². The molecule has 1 aliphatic carbocycles. The highest BCUT2D eigenvalue weighted by molar-refractivity contribution is 6.31. The third-order valence-electron chi connectivity index (χ3n) is 3.88. The van der Waals surface area contributed by atoms with Gasteiger partial charge in [0.2, 0.25) is 0 Å². The second kappa shape index (κ2) is 5.29. The number of aryl methyl sites for hydroxylation is 2. The lowest BCUT2D eigenvalue weighted by molar-refractivity contribution is 0.102. The molecule has 0 bridgehead atoms. The average molecular weight is 286 g/mol. The van der Waals surface area contributed by atoms with Crippen LogP contribution in [-0.4, -0.2) is 5.91 Å².